The minimum atomic E-state index is -1.11. The second-order valence-electron chi connectivity index (χ2n) is 6.59. The van der Waals surface area contributed by atoms with Gasteiger partial charge in [-0.25, -0.2) is 9.59 Å². The van der Waals surface area contributed by atoms with Gasteiger partial charge in [0.25, 0.3) is 5.76 Å². The van der Waals surface area contributed by atoms with Crippen LogP contribution in [0.5, 0.6) is 11.5 Å². The average molecular weight is 392 g/mol. The molecule has 1 fully saturated rings. The summed E-state index contributed by atoms with van der Waals surface area (Å²) in [6.07, 6.45) is 0.638. The molecule has 2 unspecified atom stereocenters. The van der Waals surface area contributed by atoms with Crippen LogP contribution in [0, 0.1) is 0 Å². The number of aliphatic hydroxyl groups excluding tert-OH is 1. The van der Waals surface area contributed by atoms with Crippen molar-refractivity contribution in [3.63, 3.8) is 0 Å². The summed E-state index contributed by atoms with van der Waals surface area (Å²) in [6.45, 7) is 3.49. The molecular weight excluding hydrogens is 372 g/mol. The fourth-order valence-electron chi connectivity index (χ4n) is 2.77. The molecule has 9 nitrogen and oxygen atoms in total. The van der Waals surface area contributed by atoms with E-state index in [1.807, 2.05) is 0 Å². The van der Waals surface area contributed by atoms with Gasteiger partial charge in [0.1, 0.15) is 6.10 Å². The maximum Gasteiger partial charge on any atom is 0.378 e. The highest BCUT2D eigenvalue weighted by Crippen LogP contribution is 2.32. The first-order chi connectivity index (χ1) is 13.2. The number of methoxy groups -OCH3 is 1. The third-order valence-electron chi connectivity index (χ3n) is 4.11. The topological polar surface area (TPSA) is 121 Å². The summed E-state index contributed by atoms with van der Waals surface area (Å²) in [5.41, 5.74) is 0.551. The Morgan fingerprint density at radius 2 is 2.07 bits per heavy atom. The predicted molar refractivity (Wildman–Crippen MR) is 94.2 cm³/mol. The maximum atomic E-state index is 12.0. The highest BCUT2D eigenvalue weighted by Gasteiger charge is 2.47. The van der Waals surface area contributed by atoms with Gasteiger partial charge in [0.15, 0.2) is 29.1 Å². The quantitative estimate of drug-likeness (QED) is 0.571. The monoisotopic (exact) mass is 392 g/mol. The summed E-state index contributed by atoms with van der Waals surface area (Å²) >= 11 is 0. The van der Waals surface area contributed by atoms with E-state index >= 15 is 0 Å². The summed E-state index contributed by atoms with van der Waals surface area (Å²) in [7, 11) is 1.40. The molecule has 0 bridgehead atoms. The summed E-state index contributed by atoms with van der Waals surface area (Å²) in [5, 5.41) is 19.8. The number of hydrogen-bond acceptors (Lipinski definition) is 9. The zero-order valence-corrected chi connectivity index (χ0v) is 15.5. The Morgan fingerprint density at radius 1 is 1.32 bits per heavy atom. The molecule has 1 aromatic carbocycles. The van der Waals surface area contributed by atoms with E-state index < -0.39 is 41.5 Å². The molecule has 0 saturated carbocycles. The van der Waals surface area contributed by atoms with Crippen LogP contribution in [-0.4, -0.2) is 53.9 Å². The van der Waals surface area contributed by atoms with Crippen molar-refractivity contribution >= 4 is 18.0 Å². The number of ether oxygens (including phenoxy) is 5. The second kappa shape index (κ2) is 7.53. The minimum Gasteiger partial charge on any atom is -0.505 e. The van der Waals surface area contributed by atoms with E-state index in [1.54, 1.807) is 19.9 Å². The molecule has 0 aliphatic carbocycles. The molecule has 0 aromatic heterocycles. The number of carbonyl (C=O) groups excluding carboxylic acids is 2. The van der Waals surface area contributed by atoms with Gasteiger partial charge in [0, 0.05) is 6.08 Å². The first-order valence-corrected chi connectivity index (χ1v) is 8.43. The Hall–Kier alpha value is -3.04. The lowest BCUT2D eigenvalue weighted by Gasteiger charge is -2.19. The Balaban J connectivity index is 1.68. The molecule has 0 amide bonds. The van der Waals surface area contributed by atoms with E-state index in [-0.39, 0.29) is 18.1 Å². The molecule has 9 heteroatoms. The van der Waals surface area contributed by atoms with Crippen LogP contribution in [-0.2, 0) is 28.5 Å². The fraction of sp³-hybridized carbons (Fsp3) is 0.368. The predicted octanol–water partition coefficient (Wildman–Crippen LogP) is 1.80. The number of benzene rings is 1. The van der Waals surface area contributed by atoms with E-state index in [2.05, 4.69) is 0 Å². The number of phenolic OH excluding ortho intramolecular Hbond substituents is 1. The van der Waals surface area contributed by atoms with E-state index in [9.17, 15) is 19.8 Å². The molecule has 2 aliphatic rings. The first-order valence-electron chi connectivity index (χ1n) is 8.43. The van der Waals surface area contributed by atoms with Crippen molar-refractivity contribution in [1.29, 1.82) is 0 Å². The van der Waals surface area contributed by atoms with Crippen molar-refractivity contribution in [2.75, 3.05) is 13.7 Å². The van der Waals surface area contributed by atoms with Crippen LogP contribution in [0.1, 0.15) is 19.4 Å². The number of phenols is 1. The molecule has 150 valence electrons. The lowest BCUT2D eigenvalue weighted by atomic mass is 10.2. The number of cyclic esters (lactones) is 1. The molecule has 2 N–H and O–H groups in total. The number of carbonyl (C=O) groups is 2. The summed E-state index contributed by atoms with van der Waals surface area (Å²) in [4.78, 5) is 24.0. The summed E-state index contributed by atoms with van der Waals surface area (Å²) < 4.78 is 25.9. The highest BCUT2D eigenvalue weighted by atomic mass is 16.8. The summed E-state index contributed by atoms with van der Waals surface area (Å²) in [6, 6.07) is 4.47. The molecule has 2 aliphatic heterocycles. The van der Waals surface area contributed by atoms with Gasteiger partial charge in [-0.2, -0.15) is 0 Å². The zero-order valence-electron chi connectivity index (χ0n) is 15.5. The molecule has 1 aromatic rings. The first kappa shape index (κ1) is 19.7. The Morgan fingerprint density at radius 3 is 2.71 bits per heavy atom. The van der Waals surface area contributed by atoms with Crippen molar-refractivity contribution in [3.8, 4) is 11.5 Å². The zero-order chi connectivity index (χ0) is 20.5. The molecule has 3 rings (SSSR count). The maximum absolute atomic E-state index is 12.0. The second-order valence-corrected chi connectivity index (χ2v) is 6.59. The molecule has 28 heavy (non-hydrogen) atoms. The van der Waals surface area contributed by atoms with Crippen LogP contribution in [0.2, 0.25) is 0 Å². The van der Waals surface area contributed by atoms with Gasteiger partial charge in [0.2, 0.25) is 0 Å². The largest absolute Gasteiger partial charge is 0.505 e. The molecular formula is C19H20O9. The van der Waals surface area contributed by atoms with Crippen molar-refractivity contribution in [1.82, 2.24) is 0 Å². The van der Waals surface area contributed by atoms with Gasteiger partial charge in [-0.05, 0) is 37.6 Å². The number of hydrogen-bond donors (Lipinski definition) is 2. The third-order valence-corrected chi connectivity index (χ3v) is 4.11. The van der Waals surface area contributed by atoms with Gasteiger partial charge < -0.3 is 33.9 Å². The van der Waals surface area contributed by atoms with E-state index in [1.165, 1.54) is 25.3 Å². The highest BCUT2D eigenvalue weighted by molar-refractivity contribution is 5.96. The van der Waals surface area contributed by atoms with E-state index in [0.717, 1.165) is 6.08 Å². The van der Waals surface area contributed by atoms with Gasteiger partial charge >= 0.3 is 11.9 Å². The molecule has 2 heterocycles. The average Bonchev–Trinajstić information content (AvgIpc) is 3.14. The number of esters is 2. The van der Waals surface area contributed by atoms with Crippen molar-refractivity contribution in [2.45, 2.75) is 31.8 Å². The lowest BCUT2D eigenvalue weighted by molar-refractivity contribution is -0.163. The third kappa shape index (κ3) is 4.10. The minimum absolute atomic E-state index is 0.0432. The van der Waals surface area contributed by atoms with Gasteiger partial charge in [-0.3, -0.25) is 0 Å². The SMILES string of the molecule is COc1cc(C=CC(=O)OC2=C(O)C(C3COC(C)(C)O3)OC2=O)ccc1O. The normalized spacial score (nSPS) is 23.9. The number of aromatic hydroxyl groups is 1. The Kier molecular flexibility index (Phi) is 5.30. The Bertz CT molecular complexity index is 853. The summed E-state index contributed by atoms with van der Waals surface area (Å²) in [5.74, 6) is -3.65. The molecule has 0 spiro atoms. The van der Waals surface area contributed by atoms with Crippen LogP contribution in [0.15, 0.2) is 35.8 Å². The molecule has 2 atom stereocenters. The number of rotatable bonds is 5. The Labute approximate surface area is 160 Å². The van der Waals surface area contributed by atoms with Crippen molar-refractivity contribution in [2.24, 2.45) is 0 Å². The van der Waals surface area contributed by atoms with Crippen LogP contribution in [0.25, 0.3) is 6.08 Å². The standard InChI is InChI=1S/C19H20O9/c1-19(2)25-9-13(28-19)16-15(22)17(18(23)27-16)26-14(21)7-5-10-4-6-11(20)12(8-10)24-3/h4-8,13,16,20,22H,9H2,1-3H3. The lowest BCUT2D eigenvalue weighted by Crippen LogP contribution is -2.32. The van der Waals surface area contributed by atoms with Gasteiger partial charge in [-0.1, -0.05) is 6.07 Å². The van der Waals surface area contributed by atoms with Crippen LogP contribution in [0.3, 0.4) is 0 Å². The number of aliphatic hydroxyl groups is 1. The molecule has 1 saturated heterocycles. The van der Waals surface area contributed by atoms with Crippen LogP contribution in [0.4, 0.5) is 0 Å². The van der Waals surface area contributed by atoms with Crippen molar-refractivity contribution in [3.05, 3.63) is 41.4 Å². The van der Waals surface area contributed by atoms with E-state index in [4.69, 9.17) is 23.7 Å². The van der Waals surface area contributed by atoms with Crippen molar-refractivity contribution < 1.29 is 43.5 Å². The fourth-order valence-corrected chi connectivity index (χ4v) is 2.77. The van der Waals surface area contributed by atoms with E-state index in [0.29, 0.717) is 5.56 Å². The van der Waals surface area contributed by atoms with Gasteiger partial charge in [0.05, 0.1) is 13.7 Å². The van der Waals surface area contributed by atoms with Crippen LogP contribution >= 0.6 is 0 Å². The van der Waals surface area contributed by atoms with Crippen LogP contribution < -0.4 is 4.74 Å². The smallest absolute Gasteiger partial charge is 0.378 e. The van der Waals surface area contributed by atoms with Gasteiger partial charge in [-0.15, -0.1) is 0 Å². The molecule has 0 radical (unpaired) electrons.